The third kappa shape index (κ3) is 4.17. The van der Waals surface area contributed by atoms with E-state index in [9.17, 15) is 4.79 Å². The van der Waals surface area contributed by atoms with Crippen LogP contribution in [-0.4, -0.2) is 19.1 Å². The number of anilines is 1. The second-order valence-corrected chi connectivity index (χ2v) is 5.86. The number of nitrogens with one attached hydrogen (secondary N) is 1. The minimum absolute atomic E-state index is 0.188. The molecule has 4 heteroatoms. The number of amides is 1. The van der Waals surface area contributed by atoms with Gasteiger partial charge in [-0.2, -0.15) is 0 Å². The molecule has 3 rings (SSSR count). The molecular weight excluding hydrogens is 314 g/mol. The van der Waals surface area contributed by atoms with Gasteiger partial charge in [-0.25, -0.2) is 0 Å². The highest BCUT2D eigenvalue weighted by Gasteiger charge is 2.16. The number of carbonyl (C=O) groups is 1. The van der Waals surface area contributed by atoms with Gasteiger partial charge in [0.25, 0.3) is 5.91 Å². The lowest BCUT2D eigenvalue weighted by Gasteiger charge is -2.16. The van der Waals surface area contributed by atoms with Gasteiger partial charge in [-0.1, -0.05) is 48.5 Å². The Morgan fingerprint density at radius 2 is 1.72 bits per heavy atom. The fourth-order valence-corrected chi connectivity index (χ4v) is 2.64. The largest absolute Gasteiger partial charge is 0.480 e. The average molecular weight is 335 g/mol. The third-order valence-electron chi connectivity index (χ3n) is 3.96. The Hall–Kier alpha value is -2.85. The molecule has 0 aliphatic carbocycles. The van der Waals surface area contributed by atoms with Gasteiger partial charge in [-0.3, -0.25) is 4.79 Å². The molecule has 0 aliphatic rings. The molecule has 0 radical (unpaired) electrons. The molecule has 0 saturated heterocycles. The van der Waals surface area contributed by atoms with Crippen LogP contribution in [0.25, 0.3) is 10.8 Å². The summed E-state index contributed by atoms with van der Waals surface area (Å²) in [4.78, 5) is 12.4. The number of fused-ring (bicyclic) bond motifs is 1. The van der Waals surface area contributed by atoms with Crippen LogP contribution in [0.5, 0.6) is 5.75 Å². The highest BCUT2D eigenvalue weighted by atomic mass is 16.5. The standard InChI is InChI=1S/C21H21NO3/c1-15(21(23)22-18-12-10-16(11-13-18)14-24-2)25-20-9-5-7-17-6-3-4-8-19(17)20/h3-13,15H,14H2,1-2H3,(H,22,23)/t15-/m0/s1. The van der Waals surface area contributed by atoms with Crippen LogP contribution >= 0.6 is 0 Å². The Balaban J connectivity index is 1.68. The lowest BCUT2D eigenvalue weighted by Crippen LogP contribution is -2.30. The molecule has 128 valence electrons. The number of hydrogen-bond donors (Lipinski definition) is 1. The summed E-state index contributed by atoms with van der Waals surface area (Å²) < 4.78 is 11.0. The molecule has 0 spiro atoms. The molecule has 0 unspecified atom stereocenters. The van der Waals surface area contributed by atoms with Crippen molar-refractivity contribution in [3.8, 4) is 5.75 Å². The predicted molar refractivity (Wildman–Crippen MR) is 99.8 cm³/mol. The molecule has 3 aromatic carbocycles. The molecule has 3 aromatic rings. The quantitative estimate of drug-likeness (QED) is 0.726. The van der Waals surface area contributed by atoms with Crippen molar-refractivity contribution in [2.45, 2.75) is 19.6 Å². The number of benzene rings is 3. The SMILES string of the molecule is COCc1ccc(NC(=O)[C@H](C)Oc2cccc3ccccc23)cc1. The second kappa shape index (κ2) is 7.81. The lowest BCUT2D eigenvalue weighted by atomic mass is 10.1. The van der Waals surface area contributed by atoms with Crippen LogP contribution in [0, 0.1) is 0 Å². The number of hydrogen-bond acceptors (Lipinski definition) is 3. The molecule has 0 aliphatic heterocycles. The highest BCUT2D eigenvalue weighted by molar-refractivity contribution is 5.95. The van der Waals surface area contributed by atoms with Crippen LogP contribution in [0.15, 0.2) is 66.7 Å². The maximum atomic E-state index is 12.4. The maximum absolute atomic E-state index is 12.4. The van der Waals surface area contributed by atoms with Gasteiger partial charge < -0.3 is 14.8 Å². The monoisotopic (exact) mass is 335 g/mol. The number of carbonyl (C=O) groups excluding carboxylic acids is 1. The Morgan fingerprint density at radius 3 is 2.48 bits per heavy atom. The average Bonchev–Trinajstić information content (AvgIpc) is 2.64. The van der Waals surface area contributed by atoms with Gasteiger partial charge in [-0.15, -0.1) is 0 Å². The lowest BCUT2D eigenvalue weighted by molar-refractivity contribution is -0.122. The predicted octanol–water partition coefficient (Wildman–Crippen LogP) is 4.39. The van der Waals surface area contributed by atoms with Crippen LogP contribution in [0.4, 0.5) is 5.69 Å². The summed E-state index contributed by atoms with van der Waals surface area (Å²) >= 11 is 0. The highest BCUT2D eigenvalue weighted by Crippen LogP contribution is 2.26. The normalized spacial score (nSPS) is 11.9. The van der Waals surface area contributed by atoms with Crippen molar-refractivity contribution in [3.63, 3.8) is 0 Å². The zero-order valence-electron chi connectivity index (χ0n) is 14.4. The summed E-state index contributed by atoms with van der Waals surface area (Å²) in [7, 11) is 1.65. The molecule has 1 atom stereocenters. The van der Waals surface area contributed by atoms with E-state index in [-0.39, 0.29) is 5.91 Å². The van der Waals surface area contributed by atoms with E-state index < -0.39 is 6.10 Å². The van der Waals surface area contributed by atoms with E-state index >= 15 is 0 Å². The first-order valence-corrected chi connectivity index (χ1v) is 8.20. The molecule has 0 fully saturated rings. The van der Waals surface area contributed by atoms with Crippen LogP contribution < -0.4 is 10.1 Å². The third-order valence-corrected chi connectivity index (χ3v) is 3.96. The van der Waals surface area contributed by atoms with Crippen molar-refractivity contribution in [1.82, 2.24) is 0 Å². The van der Waals surface area contributed by atoms with E-state index in [4.69, 9.17) is 9.47 Å². The van der Waals surface area contributed by atoms with Crippen LogP contribution in [0.1, 0.15) is 12.5 Å². The smallest absolute Gasteiger partial charge is 0.265 e. The fourth-order valence-electron chi connectivity index (χ4n) is 2.64. The zero-order valence-corrected chi connectivity index (χ0v) is 14.4. The van der Waals surface area contributed by atoms with Gasteiger partial charge in [0.05, 0.1) is 6.61 Å². The van der Waals surface area contributed by atoms with Gasteiger partial charge in [0, 0.05) is 18.2 Å². The number of ether oxygens (including phenoxy) is 2. The Morgan fingerprint density at radius 1 is 1.00 bits per heavy atom. The summed E-state index contributed by atoms with van der Waals surface area (Å²) in [6.07, 6.45) is -0.607. The van der Waals surface area contributed by atoms with E-state index in [1.54, 1.807) is 14.0 Å². The van der Waals surface area contributed by atoms with Crippen molar-refractivity contribution < 1.29 is 14.3 Å². The summed E-state index contributed by atoms with van der Waals surface area (Å²) in [5.41, 5.74) is 1.79. The van der Waals surface area contributed by atoms with Gasteiger partial charge in [0.1, 0.15) is 5.75 Å². The van der Waals surface area contributed by atoms with Gasteiger partial charge in [-0.05, 0) is 36.1 Å². The summed E-state index contributed by atoms with van der Waals surface area (Å²) in [5, 5.41) is 4.95. The van der Waals surface area contributed by atoms with Crippen molar-refractivity contribution in [3.05, 3.63) is 72.3 Å². The van der Waals surface area contributed by atoms with Crippen LogP contribution in [0.3, 0.4) is 0 Å². The first-order chi connectivity index (χ1) is 12.2. The van der Waals surface area contributed by atoms with Crippen molar-refractivity contribution in [2.24, 2.45) is 0 Å². The second-order valence-electron chi connectivity index (χ2n) is 5.86. The fraction of sp³-hybridized carbons (Fsp3) is 0.190. The first-order valence-electron chi connectivity index (χ1n) is 8.20. The summed E-state index contributed by atoms with van der Waals surface area (Å²) in [6, 6.07) is 21.4. The van der Waals surface area contributed by atoms with Crippen LogP contribution in [0.2, 0.25) is 0 Å². The molecule has 1 N–H and O–H groups in total. The van der Waals surface area contributed by atoms with E-state index in [1.807, 2.05) is 66.7 Å². The maximum Gasteiger partial charge on any atom is 0.265 e. The summed E-state index contributed by atoms with van der Waals surface area (Å²) in [5.74, 6) is 0.517. The number of rotatable bonds is 6. The van der Waals surface area contributed by atoms with Crippen LogP contribution in [-0.2, 0) is 16.1 Å². The minimum atomic E-state index is -0.607. The molecular formula is C21H21NO3. The summed E-state index contributed by atoms with van der Waals surface area (Å²) in [6.45, 7) is 2.30. The Kier molecular flexibility index (Phi) is 5.31. The van der Waals surface area contributed by atoms with Gasteiger partial charge >= 0.3 is 0 Å². The van der Waals surface area contributed by atoms with Gasteiger partial charge in [0.2, 0.25) is 0 Å². The zero-order chi connectivity index (χ0) is 17.6. The minimum Gasteiger partial charge on any atom is -0.480 e. The Labute approximate surface area is 147 Å². The van der Waals surface area contributed by atoms with E-state index in [0.29, 0.717) is 12.4 Å². The molecule has 4 nitrogen and oxygen atoms in total. The van der Waals surface area contributed by atoms with Gasteiger partial charge in [0.15, 0.2) is 6.10 Å². The van der Waals surface area contributed by atoms with E-state index in [0.717, 1.165) is 22.0 Å². The molecule has 25 heavy (non-hydrogen) atoms. The van der Waals surface area contributed by atoms with Crippen molar-refractivity contribution in [2.75, 3.05) is 12.4 Å². The van der Waals surface area contributed by atoms with Crippen molar-refractivity contribution >= 4 is 22.4 Å². The molecule has 0 aromatic heterocycles. The molecule has 1 amide bonds. The Bertz CT molecular complexity index is 853. The molecule has 0 heterocycles. The van der Waals surface area contributed by atoms with Crippen molar-refractivity contribution in [1.29, 1.82) is 0 Å². The van der Waals surface area contributed by atoms with E-state index in [2.05, 4.69) is 5.32 Å². The number of methoxy groups -OCH3 is 1. The molecule has 0 bridgehead atoms. The topological polar surface area (TPSA) is 47.6 Å². The van der Waals surface area contributed by atoms with E-state index in [1.165, 1.54) is 0 Å². The molecule has 0 saturated carbocycles. The first kappa shape index (κ1) is 17.0.